The average molecular weight is 249 g/mol. The van der Waals surface area contributed by atoms with Crippen LogP contribution < -0.4 is 10.6 Å². The number of thioether (sulfide) groups is 1. The highest BCUT2D eigenvalue weighted by molar-refractivity contribution is 8.14. The second-order valence-electron chi connectivity index (χ2n) is 4.10. The number of fused-ring (bicyclic) bond motifs is 1. The molecule has 0 unspecified atom stereocenters. The summed E-state index contributed by atoms with van der Waals surface area (Å²) in [7, 11) is 0. The fourth-order valence-electron chi connectivity index (χ4n) is 2.15. The molecule has 0 bridgehead atoms. The monoisotopic (exact) mass is 249 g/mol. The number of carbonyl (C=O) groups excluding carboxylic acids is 1. The van der Waals surface area contributed by atoms with Crippen LogP contribution in [0.15, 0.2) is 24.3 Å². The molecular formula is C12H15N3OS. The highest BCUT2D eigenvalue weighted by atomic mass is 32.2. The Morgan fingerprint density at radius 3 is 3.00 bits per heavy atom. The van der Waals surface area contributed by atoms with Crippen LogP contribution in [-0.4, -0.2) is 22.9 Å². The fraction of sp³-hybridized carbons (Fsp3) is 0.333. The summed E-state index contributed by atoms with van der Waals surface area (Å²) in [5, 5.41) is 7.11. The van der Waals surface area contributed by atoms with E-state index in [0.717, 1.165) is 23.9 Å². The molecule has 0 fully saturated rings. The van der Waals surface area contributed by atoms with Crippen molar-refractivity contribution < 1.29 is 4.79 Å². The first-order chi connectivity index (χ1) is 8.09. The van der Waals surface area contributed by atoms with Crippen LogP contribution in [-0.2, 0) is 11.2 Å². The van der Waals surface area contributed by atoms with E-state index in [-0.39, 0.29) is 22.9 Å². The van der Waals surface area contributed by atoms with Crippen LogP contribution in [0.4, 0.5) is 5.69 Å². The predicted octanol–water partition coefficient (Wildman–Crippen LogP) is 1.59. The topological polar surface area (TPSA) is 70.2 Å². The summed E-state index contributed by atoms with van der Waals surface area (Å²) in [6.07, 6.45) is 0.895. The Kier molecular flexibility index (Phi) is 3.38. The van der Waals surface area contributed by atoms with Crippen LogP contribution >= 0.6 is 11.8 Å². The molecule has 17 heavy (non-hydrogen) atoms. The number of carbonyl (C=O) groups is 1. The van der Waals surface area contributed by atoms with E-state index in [0.29, 0.717) is 0 Å². The van der Waals surface area contributed by atoms with Crippen molar-refractivity contribution in [2.45, 2.75) is 19.4 Å². The first-order valence-corrected chi connectivity index (χ1v) is 6.45. The van der Waals surface area contributed by atoms with E-state index < -0.39 is 0 Å². The highest BCUT2D eigenvalue weighted by Gasteiger charge is 2.30. The first kappa shape index (κ1) is 12.0. The SMILES string of the molecule is C[C@@H]1Cc2ccccc2N1C(=O)CSC(=N)N. The van der Waals surface area contributed by atoms with Gasteiger partial charge in [-0.1, -0.05) is 30.0 Å². The third-order valence-corrected chi connectivity index (χ3v) is 3.53. The summed E-state index contributed by atoms with van der Waals surface area (Å²) in [6.45, 7) is 2.04. The number of amidine groups is 1. The number of anilines is 1. The molecule has 0 saturated carbocycles. The van der Waals surface area contributed by atoms with E-state index in [4.69, 9.17) is 11.1 Å². The van der Waals surface area contributed by atoms with Crippen LogP contribution in [0.1, 0.15) is 12.5 Å². The second kappa shape index (κ2) is 4.79. The quantitative estimate of drug-likeness (QED) is 0.617. The van der Waals surface area contributed by atoms with Crippen LogP contribution in [0.2, 0.25) is 0 Å². The zero-order valence-electron chi connectivity index (χ0n) is 9.64. The van der Waals surface area contributed by atoms with Crippen molar-refractivity contribution in [3.63, 3.8) is 0 Å². The summed E-state index contributed by atoms with van der Waals surface area (Å²) in [6, 6.07) is 8.14. The Bertz CT molecular complexity index is 461. The van der Waals surface area contributed by atoms with Gasteiger partial charge in [0.1, 0.15) is 0 Å². The van der Waals surface area contributed by atoms with Crippen molar-refractivity contribution in [3.05, 3.63) is 29.8 Å². The molecule has 0 aromatic heterocycles. The normalized spacial score (nSPS) is 17.9. The minimum absolute atomic E-state index is 0.0153. The third-order valence-electron chi connectivity index (χ3n) is 2.83. The predicted molar refractivity (Wildman–Crippen MR) is 71.5 cm³/mol. The van der Waals surface area contributed by atoms with Crippen molar-refractivity contribution in [2.75, 3.05) is 10.7 Å². The lowest BCUT2D eigenvalue weighted by atomic mass is 10.1. The number of para-hydroxylation sites is 1. The molecule has 1 aliphatic rings. The summed E-state index contributed by atoms with van der Waals surface area (Å²) < 4.78 is 0. The molecule has 1 heterocycles. The first-order valence-electron chi connectivity index (χ1n) is 5.46. The smallest absolute Gasteiger partial charge is 0.237 e. The van der Waals surface area contributed by atoms with Gasteiger partial charge in [-0.25, -0.2) is 0 Å². The molecule has 1 atom stereocenters. The summed E-state index contributed by atoms with van der Waals surface area (Å²) in [5.41, 5.74) is 7.45. The van der Waals surface area contributed by atoms with Crippen molar-refractivity contribution >= 4 is 28.5 Å². The number of amides is 1. The molecule has 1 amide bonds. The minimum Gasteiger partial charge on any atom is -0.379 e. The van der Waals surface area contributed by atoms with Crippen LogP contribution in [0.25, 0.3) is 0 Å². The summed E-state index contributed by atoms with van der Waals surface area (Å²) in [4.78, 5) is 13.9. The number of nitrogens with zero attached hydrogens (tertiary/aromatic N) is 1. The molecule has 0 radical (unpaired) electrons. The number of hydrogen-bond acceptors (Lipinski definition) is 3. The standard InChI is InChI=1S/C12H15N3OS/c1-8-6-9-4-2-3-5-10(9)15(8)11(16)7-17-12(13)14/h2-5,8H,6-7H2,1H3,(H3,13,14)/t8-/m1/s1. The van der Waals surface area contributed by atoms with Crippen molar-refractivity contribution in [3.8, 4) is 0 Å². The molecule has 4 nitrogen and oxygen atoms in total. The molecule has 1 aliphatic heterocycles. The average Bonchev–Trinajstić information content (AvgIpc) is 2.61. The second-order valence-corrected chi connectivity index (χ2v) is 5.12. The fourth-order valence-corrected chi connectivity index (χ4v) is 2.57. The maximum atomic E-state index is 12.1. The van der Waals surface area contributed by atoms with Gasteiger partial charge in [0.05, 0.1) is 5.75 Å². The maximum Gasteiger partial charge on any atom is 0.237 e. The van der Waals surface area contributed by atoms with Gasteiger partial charge in [0.15, 0.2) is 5.17 Å². The van der Waals surface area contributed by atoms with Gasteiger partial charge in [0.2, 0.25) is 5.91 Å². The number of benzene rings is 1. The van der Waals surface area contributed by atoms with E-state index >= 15 is 0 Å². The van der Waals surface area contributed by atoms with Crippen molar-refractivity contribution in [2.24, 2.45) is 5.73 Å². The molecule has 90 valence electrons. The Balaban J connectivity index is 2.16. The zero-order valence-corrected chi connectivity index (χ0v) is 10.5. The van der Waals surface area contributed by atoms with Crippen LogP contribution in [0.5, 0.6) is 0 Å². The maximum absolute atomic E-state index is 12.1. The Hall–Kier alpha value is -1.49. The Morgan fingerprint density at radius 1 is 1.59 bits per heavy atom. The minimum atomic E-state index is -0.0153. The molecule has 3 N–H and O–H groups in total. The zero-order chi connectivity index (χ0) is 12.4. The molecule has 1 aromatic carbocycles. The summed E-state index contributed by atoms with van der Waals surface area (Å²) in [5.74, 6) is 0.247. The molecular weight excluding hydrogens is 234 g/mol. The van der Waals surface area contributed by atoms with Gasteiger partial charge in [0, 0.05) is 11.7 Å². The van der Waals surface area contributed by atoms with Crippen molar-refractivity contribution in [1.82, 2.24) is 0 Å². The Labute approximate surface area is 105 Å². The van der Waals surface area contributed by atoms with E-state index in [1.165, 1.54) is 5.56 Å². The molecule has 0 aliphatic carbocycles. The van der Waals surface area contributed by atoms with Gasteiger partial charge in [-0.3, -0.25) is 10.2 Å². The van der Waals surface area contributed by atoms with E-state index in [1.807, 2.05) is 30.0 Å². The molecule has 1 aromatic rings. The van der Waals surface area contributed by atoms with Crippen LogP contribution in [0, 0.1) is 5.41 Å². The van der Waals surface area contributed by atoms with Gasteiger partial charge in [0.25, 0.3) is 0 Å². The highest BCUT2D eigenvalue weighted by Crippen LogP contribution is 2.32. The number of nitrogens with one attached hydrogen (secondary N) is 1. The molecule has 2 rings (SSSR count). The molecule has 0 spiro atoms. The number of rotatable bonds is 2. The lowest BCUT2D eigenvalue weighted by molar-refractivity contribution is -0.116. The van der Waals surface area contributed by atoms with Crippen LogP contribution in [0.3, 0.4) is 0 Å². The molecule has 5 heteroatoms. The number of hydrogen-bond donors (Lipinski definition) is 2. The number of nitrogens with two attached hydrogens (primary N) is 1. The largest absolute Gasteiger partial charge is 0.379 e. The lowest BCUT2D eigenvalue weighted by Gasteiger charge is -2.22. The lowest BCUT2D eigenvalue weighted by Crippen LogP contribution is -2.37. The Morgan fingerprint density at radius 2 is 2.29 bits per heavy atom. The van der Waals surface area contributed by atoms with E-state index in [2.05, 4.69) is 6.07 Å². The van der Waals surface area contributed by atoms with E-state index in [9.17, 15) is 4.79 Å². The summed E-state index contributed by atoms with van der Waals surface area (Å²) >= 11 is 1.07. The van der Waals surface area contributed by atoms with Gasteiger partial charge >= 0.3 is 0 Å². The van der Waals surface area contributed by atoms with Crippen molar-refractivity contribution in [1.29, 1.82) is 5.41 Å². The van der Waals surface area contributed by atoms with Gasteiger partial charge in [-0.05, 0) is 25.0 Å². The van der Waals surface area contributed by atoms with Gasteiger partial charge in [-0.15, -0.1) is 0 Å². The molecule has 0 saturated heterocycles. The van der Waals surface area contributed by atoms with Gasteiger partial charge in [-0.2, -0.15) is 0 Å². The van der Waals surface area contributed by atoms with E-state index in [1.54, 1.807) is 0 Å². The third kappa shape index (κ3) is 2.44. The van der Waals surface area contributed by atoms with Gasteiger partial charge < -0.3 is 10.6 Å².